The van der Waals surface area contributed by atoms with Crippen LogP contribution in [0, 0.1) is 11.3 Å². The predicted molar refractivity (Wildman–Crippen MR) is 93.9 cm³/mol. The summed E-state index contributed by atoms with van der Waals surface area (Å²) in [5, 5.41) is 12.0. The molecular weight excluding hydrogens is 326 g/mol. The van der Waals surface area contributed by atoms with Gasteiger partial charge in [0.2, 0.25) is 11.8 Å². The van der Waals surface area contributed by atoms with Crippen LogP contribution >= 0.6 is 11.6 Å². The van der Waals surface area contributed by atoms with E-state index >= 15 is 0 Å². The molecule has 0 fully saturated rings. The number of amides is 2. The summed E-state index contributed by atoms with van der Waals surface area (Å²) in [6, 6.07) is 15.6. The van der Waals surface area contributed by atoms with Crippen LogP contribution in [0.3, 0.4) is 0 Å². The molecule has 122 valence electrons. The van der Waals surface area contributed by atoms with Crippen LogP contribution in [0.15, 0.2) is 48.5 Å². The van der Waals surface area contributed by atoms with Gasteiger partial charge in [0.25, 0.3) is 0 Å². The lowest BCUT2D eigenvalue weighted by molar-refractivity contribution is -0.117. The molecule has 0 spiro atoms. The quantitative estimate of drug-likeness (QED) is 0.903. The number of nitrogens with zero attached hydrogens (tertiary/aromatic N) is 2. The lowest BCUT2D eigenvalue weighted by atomic mass is 10.2. The first kappa shape index (κ1) is 17.5. The molecular formula is C18H16ClN3O2. The molecule has 0 heterocycles. The van der Waals surface area contributed by atoms with Crippen molar-refractivity contribution in [3.63, 3.8) is 0 Å². The highest BCUT2D eigenvalue weighted by Gasteiger charge is 2.14. The summed E-state index contributed by atoms with van der Waals surface area (Å²) in [7, 11) is 0. The third kappa shape index (κ3) is 4.58. The highest BCUT2D eigenvalue weighted by molar-refractivity contribution is 6.33. The van der Waals surface area contributed by atoms with Crippen LogP contribution in [-0.4, -0.2) is 18.4 Å². The van der Waals surface area contributed by atoms with Crippen LogP contribution in [0.1, 0.15) is 18.9 Å². The molecule has 6 heteroatoms. The van der Waals surface area contributed by atoms with Gasteiger partial charge in [-0.25, -0.2) is 0 Å². The van der Waals surface area contributed by atoms with Gasteiger partial charge in [-0.15, -0.1) is 0 Å². The smallest absolute Gasteiger partial charge is 0.226 e. The van der Waals surface area contributed by atoms with Gasteiger partial charge < -0.3 is 10.2 Å². The first-order valence-corrected chi connectivity index (χ1v) is 7.71. The molecule has 0 aliphatic carbocycles. The van der Waals surface area contributed by atoms with Gasteiger partial charge >= 0.3 is 0 Å². The van der Waals surface area contributed by atoms with Gasteiger partial charge in [0.15, 0.2) is 0 Å². The van der Waals surface area contributed by atoms with Gasteiger partial charge in [-0.1, -0.05) is 23.7 Å². The van der Waals surface area contributed by atoms with Crippen molar-refractivity contribution in [2.45, 2.75) is 13.3 Å². The number of rotatable bonds is 5. The standard InChI is InChI=1S/C18H16ClN3O2/c1-13(23)22(15-8-6-14(12-20)7-9-15)11-10-18(24)21-17-5-3-2-4-16(17)19/h2-9H,10-11H2,1H3,(H,21,24). The van der Waals surface area contributed by atoms with E-state index in [-0.39, 0.29) is 24.8 Å². The van der Waals surface area contributed by atoms with Gasteiger partial charge in [-0.3, -0.25) is 9.59 Å². The number of nitrogens with one attached hydrogen (secondary N) is 1. The number of carbonyl (C=O) groups is 2. The molecule has 1 N–H and O–H groups in total. The number of para-hydroxylation sites is 1. The average Bonchev–Trinajstić information content (AvgIpc) is 2.57. The minimum Gasteiger partial charge on any atom is -0.325 e. The van der Waals surface area contributed by atoms with Crippen molar-refractivity contribution in [2.24, 2.45) is 0 Å². The van der Waals surface area contributed by atoms with E-state index in [9.17, 15) is 9.59 Å². The van der Waals surface area contributed by atoms with Crippen molar-refractivity contribution in [1.82, 2.24) is 0 Å². The van der Waals surface area contributed by atoms with Crippen LogP contribution in [0.4, 0.5) is 11.4 Å². The highest BCUT2D eigenvalue weighted by Crippen LogP contribution is 2.21. The van der Waals surface area contributed by atoms with Gasteiger partial charge in [-0.05, 0) is 36.4 Å². The molecule has 2 aromatic rings. The van der Waals surface area contributed by atoms with E-state index in [1.807, 2.05) is 6.07 Å². The average molecular weight is 342 g/mol. The monoisotopic (exact) mass is 341 g/mol. The molecule has 2 amide bonds. The van der Waals surface area contributed by atoms with Gasteiger partial charge in [0, 0.05) is 25.6 Å². The van der Waals surface area contributed by atoms with Crippen LogP contribution in [0.2, 0.25) is 5.02 Å². The van der Waals surface area contributed by atoms with Crippen molar-refractivity contribution < 1.29 is 9.59 Å². The minimum absolute atomic E-state index is 0.130. The molecule has 2 rings (SSSR count). The summed E-state index contributed by atoms with van der Waals surface area (Å²) in [5.74, 6) is -0.409. The number of benzene rings is 2. The van der Waals surface area contributed by atoms with E-state index in [1.165, 1.54) is 11.8 Å². The van der Waals surface area contributed by atoms with E-state index < -0.39 is 0 Å². The van der Waals surface area contributed by atoms with Gasteiger partial charge in [0.05, 0.1) is 22.3 Å². The maximum absolute atomic E-state index is 12.1. The third-order valence-corrected chi connectivity index (χ3v) is 3.73. The Morgan fingerprint density at radius 3 is 2.42 bits per heavy atom. The van der Waals surface area contributed by atoms with Crippen molar-refractivity contribution in [2.75, 3.05) is 16.8 Å². The van der Waals surface area contributed by atoms with Gasteiger partial charge in [-0.2, -0.15) is 5.26 Å². The van der Waals surface area contributed by atoms with Crippen molar-refractivity contribution >= 4 is 34.8 Å². The lowest BCUT2D eigenvalue weighted by Gasteiger charge is -2.21. The number of hydrogen-bond donors (Lipinski definition) is 1. The molecule has 24 heavy (non-hydrogen) atoms. The summed E-state index contributed by atoms with van der Waals surface area (Å²) < 4.78 is 0. The summed E-state index contributed by atoms with van der Waals surface area (Å²) in [6.07, 6.45) is 0.130. The number of hydrogen-bond acceptors (Lipinski definition) is 3. The maximum atomic E-state index is 12.1. The molecule has 0 saturated carbocycles. The predicted octanol–water partition coefficient (Wildman–Crippen LogP) is 3.59. The molecule has 0 aliphatic rings. The molecule has 0 saturated heterocycles. The lowest BCUT2D eigenvalue weighted by Crippen LogP contribution is -2.31. The fourth-order valence-electron chi connectivity index (χ4n) is 2.17. The molecule has 0 radical (unpaired) electrons. The fraction of sp³-hybridized carbons (Fsp3) is 0.167. The fourth-order valence-corrected chi connectivity index (χ4v) is 2.36. The zero-order valence-corrected chi connectivity index (χ0v) is 13.9. The zero-order valence-electron chi connectivity index (χ0n) is 13.1. The Morgan fingerprint density at radius 1 is 1.17 bits per heavy atom. The van der Waals surface area contributed by atoms with E-state index in [1.54, 1.807) is 48.5 Å². The topological polar surface area (TPSA) is 73.2 Å². The summed E-state index contributed by atoms with van der Waals surface area (Å²) in [4.78, 5) is 25.4. The van der Waals surface area contributed by atoms with Crippen LogP contribution in [0.5, 0.6) is 0 Å². The molecule has 0 atom stereocenters. The zero-order chi connectivity index (χ0) is 17.5. The first-order valence-electron chi connectivity index (χ1n) is 7.34. The van der Waals surface area contributed by atoms with Crippen LogP contribution in [0.25, 0.3) is 0 Å². The second kappa shape index (κ2) is 8.14. The second-order valence-electron chi connectivity index (χ2n) is 5.11. The largest absolute Gasteiger partial charge is 0.325 e. The highest BCUT2D eigenvalue weighted by atomic mass is 35.5. The SMILES string of the molecule is CC(=O)N(CCC(=O)Nc1ccccc1Cl)c1ccc(C#N)cc1. The first-order chi connectivity index (χ1) is 11.5. The Morgan fingerprint density at radius 2 is 1.83 bits per heavy atom. The Balaban J connectivity index is 2.01. The van der Waals surface area contributed by atoms with Gasteiger partial charge in [0.1, 0.15) is 0 Å². The number of carbonyl (C=O) groups excluding carboxylic acids is 2. The number of nitriles is 1. The summed E-state index contributed by atoms with van der Waals surface area (Å²) in [5.41, 5.74) is 1.70. The molecule has 0 bridgehead atoms. The maximum Gasteiger partial charge on any atom is 0.226 e. The van der Waals surface area contributed by atoms with E-state index in [4.69, 9.17) is 16.9 Å². The van der Waals surface area contributed by atoms with Crippen LogP contribution < -0.4 is 10.2 Å². The number of halogens is 1. The minimum atomic E-state index is -0.233. The summed E-state index contributed by atoms with van der Waals surface area (Å²) in [6.45, 7) is 1.67. The van der Waals surface area contributed by atoms with E-state index in [0.29, 0.717) is 22.0 Å². The Hall–Kier alpha value is -2.84. The molecule has 0 aliphatic heterocycles. The van der Waals surface area contributed by atoms with Crippen molar-refractivity contribution in [1.29, 1.82) is 5.26 Å². The Kier molecular flexibility index (Phi) is 5.94. The molecule has 2 aromatic carbocycles. The number of anilines is 2. The van der Waals surface area contributed by atoms with Crippen molar-refractivity contribution in [3.8, 4) is 6.07 Å². The van der Waals surface area contributed by atoms with E-state index in [0.717, 1.165) is 0 Å². The summed E-state index contributed by atoms with van der Waals surface area (Å²) >= 11 is 6.00. The molecule has 0 aromatic heterocycles. The Labute approximate surface area is 145 Å². The van der Waals surface area contributed by atoms with E-state index in [2.05, 4.69) is 5.32 Å². The molecule has 5 nitrogen and oxygen atoms in total. The Bertz CT molecular complexity index is 782. The normalized spacial score (nSPS) is 9.88. The second-order valence-corrected chi connectivity index (χ2v) is 5.51. The molecule has 0 unspecified atom stereocenters. The third-order valence-electron chi connectivity index (χ3n) is 3.40. The van der Waals surface area contributed by atoms with Crippen LogP contribution in [-0.2, 0) is 9.59 Å². The van der Waals surface area contributed by atoms with Crippen molar-refractivity contribution in [3.05, 3.63) is 59.1 Å².